The minimum Gasteiger partial charge on any atom is -0.381 e. The van der Waals surface area contributed by atoms with E-state index in [-0.39, 0.29) is 5.78 Å². The normalized spacial score (nSPS) is 13.0. The number of nitriles is 1. The summed E-state index contributed by atoms with van der Waals surface area (Å²) in [5.74, 6) is -0.0161. The van der Waals surface area contributed by atoms with Crippen LogP contribution < -0.4 is 5.32 Å². The van der Waals surface area contributed by atoms with E-state index in [1.807, 2.05) is 10.8 Å². The van der Waals surface area contributed by atoms with E-state index in [9.17, 15) is 10.1 Å². The Kier molecular flexibility index (Phi) is 4.51. The number of hydrogen-bond donors (Lipinski definition) is 1. The van der Waals surface area contributed by atoms with E-state index < -0.39 is 5.41 Å². The Bertz CT molecular complexity index is 699. The molecule has 0 spiro atoms. The third-order valence-electron chi connectivity index (χ3n) is 3.41. The van der Waals surface area contributed by atoms with Crippen molar-refractivity contribution in [3.63, 3.8) is 0 Å². The first-order chi connectivity index (χ1) is 10.0. The van der Waals surface area contributed by atoms with E-state index in [1.54, 1.807) is 44.3 Å². The minimum atomic E-state index is -0.895. The Balaban J connectivity index is 2.33. The lowest BCUT2D eigenvalue weighted by molar-refractivity contribution is 0.103. The van der Waals surface area contributed by atoms with E-state index in [1.165, 1.54) is 11.3 Å². The van der Waals surface area contributed by atoms with E-state index in [2.05, 4.69) is 11.4 Å². The number of rotatable bonds is 4. The van der Waals surface area contributed by atoms with Crippen molar-refractivity contribution in [2.45, 2.75) is 12.3 Å². The van der Waals surface area contributed by atoms with E-state index >= 15 is 0 Å². The van der Waals surface area contributed by atoms with Gasteiger partial charge in [-0.1, -0.05) is 36.5 Å². The quantitative estimate of drug-likeness (QED) is 0.695. The van der Waals surface area contributed by atoms with Crippen LogP contribution in [-0.4, -0.2) is 17.8 Å². The SMILES string of the molecule is CNC(=S)C(C)(C#N)c1ccc(C(=O)c2ccsc2)cc1. The van der Waals surface area contributed by atoms with Crippen LogP contribution in [0.3, 0.4) is 0 Å². The number of carbonyl (C=O) groups excluding carboxylic acids is 1. The zero-order chi connectivity index (χ0) is 15.5. The van der Waals surface area contributed by atoms with Crippen LogP contribution in [0.1, 0.15) is 28.4 Å². The molecule has 0 aliphatic rings. The lowest BCUT2D eigenvalue weighted by Crippen LogP contribution is -2.37. The fourth-order valence-electron chi connectivity index (χ4n) is 2.01. The van der Waals surface area contributed by atoms with Gasteiger partial charge in [-0.25, -0.2) is 0 Å². The topological polar surface area (TPSA) is 52.9 Å². The van der Waals surface area contributed by atoms with Crippen molar-refractivity contribution in [1.82, 2.24) is 5.32 Å². The number of nitrogens with one attached hydrogen (secondary N) is 1. The number of benzene rings is 1. The highest BCUT2D eigenvalue weighted by Gasteiger charge is 2.31. The number of ketones is 1. The highest BCUT2D eigenvalue weighted by molar-refractivity contribution is 7.80. The van der Waals surface area contributed by atoms with Gasteiger partial charge in [0.1, 0.15) is 5.41 Å². The summed E-state index contributed by atoms with van der Waals surface area (Å²) in [6, 6.07) is 11.1. The van der Waals surface area contributed by atoms with E-state index in [0.29, 0.717) is 16.1 Å². The average Bonchev–Trinajstić information content (AvgIpc) is 3.07. The smallest absolute Gasteiger partial charge is 0.193 e. The molecule has 0 saturated carbocycles. The summed E-state index contributed by atoms with van der Waals surface area (Å²) in [5, 5.41) is 16.0. The van der Waals surface area contributed by atoms with Gasteiger partial charge in [0.2, 0.25) is 0 Å². The molecular weight excluding hydrogens is 300 g/mol. The molecule has 1 aromatic carbocycles. The van der Waals surface area contributed by atoms with Gasteiger partial charge in [-0.05, 0) is 23.9 Å². The van der Waals surface area contributed by atoms with Gasteiger partial charge in [-0.3, -0.25) is 4.79 Å². The largest absolute Gasteiger partial charge is 0.381 e. The molecule has 1 atom stereocenters. The molecule has 0 saturated heterocycles. The van der Waals surface area contributed by atoms with E-state index in [4.69, 9.17) is 12.2 Å². The Morgan fingerprint density at radius 1 is 1.29 bits per heavy atom. The van der Waals surface area contributed by atoms with Crippen LogP contribution in [0.2, 0.25) is 0 Å². The molecule has 1 heterocycles. The molecular formula is C16H14N2OS2. The van der Waals surface area contributed by atoms with Crippen molar-refractivity contribution >= 4 is 34.3 Å². The van der Waals surface area contributed by atoms with Crippen molar-refractivity contribution in [1.29, 1.82) is 5.26 Å². The number of carbonyl (C=O) groups is 1. The molecule has 0 aliphatic carbocycles. The first-order valence-electron chi connectivity index (χ1n) is 6.34. The van der Waals surface area contributed by atoms with Gasteiger partial charge < -0.3 is 5.32 Å². The average molecular weight is 314 g/mol. The van der Waals surface area contributed by atoms with Crippen LogP contribution in [0.25, 0.3) is 0 Å². The Morgan fingerprint density at radius 3 is 2.43 bits per heavy atom. The second-order valence-corrected chi connectivity index (χ2v) is 5.92. The highest BCUT2D eigenvalue weighted by atomic mass is 32.1. The molecule has 0 aliphatic heterocycles. The van der Waals surface area contributed by atoms with Crippen LogP contribution in [0, 0.1) is 11.3 Å². The molecule has 21 heavy (non-hydrogen) atoms. The highest BCUT2D eigenvalue weighted by Crippen LogP contribution is 2.25. The maximum absolute atomic E-state index is 12.2. The second-order valence-electron chi connectivity index (χ2n) is 4.73. The van der Waals surface area contributed by atoms with Gasteiger partial charge in [0.05, 0.1) is 11.1 Å². The van der Waals surface area contributed by atoms with Gasteiger partial charge in [-0.2, -0.15) is 16.6 Å². The first-order valence-corrected chi connectivity index (χ1v) is 7.69. The molecule has 0 fully saturated rings. The second kappa shape index (κ2) is 6.17. The fourth-order valence-corrected chi connectivity index (χ4v) is 2.81. The van der Waals surface area contributed by atoms with Gasteiger partial charge in [0.15, 0.2) is 5.78 Å². The summed E-state index contributed by atoms with van der Waals surface area (Å²) >= 11 is 6.71. The number of likely N-dealkylation sites (N-methyl/N-ethyl adjacent to an activating group) is 1. The number of hydrogen-bond acceptors (Lipinski definition) is 4. The number of nitrogens with zero attached hydrogens (tertiary/aromatic N) is 1. The van der Waals surface area contributed by atoms with Gasteiger partial charge >= 0.3 is 0 Å². The molecule has 2 aromatic rings. The summed E-state index contributed by atoms with van der Waals surface area (Å²) in [7, 11) is 1.70. The standard InChI is InChI=1S/C16H14N2OS2/c1-16(10-17,15(20)18-2)13-5-3-11(4-6-13)14(19)12-7-8-21-9-12/h3-9H,1-2H3,(H,18,20). The molecule has 2 rings (SSSR count). The van der Waals surface area contributed by atoms with Crippen molar-refractivity contribution in [3.05, 3.63) is 57.8 Å². The summed E-state index contributed by atoms with van der Waals surface area (Å²) < 4.78 is 0. The zero-order valence-corrected chi connectivity index (χ0v) is 13.3. The third-order valence-corrected chi connectivity index (χ3v) is 4.71. The molecule has 0 amide bonds. The number of thiophene rings is 1. The maximum Gasteiger partial charge on any atom is 0.193 e. The predicted molar refractivity (Wildman–Crippen MR) is 88.8 cm³/mol. The Labute approximate surface area is 133 Å². The monoisotopic (exact) mass is 314 g/mol. The zero-order valence-electron chi connectivity index (χ0n) is 11.7. The lowest BCUT2D eigenvalue weighted by atomic mass is 9.83. The minimum absolute atomic E-state index is 0.0161. The van der Waals surface area contributed by atoms with Crippen molar-refractivity contribution in [2.24, 2.45) is 0 Å². The van der Waals surface area contributed by atoms with Crippen molar-refractivity contribution in [2.75, 3.05) is 7.05 Å². The van der Waals surface area contributed by atoms with Crippen molar-refractivity contribution in [3.8, 4) is 6.07 Å². The van der Waals surface area contributed by atoms with E-state index in [0.717, 1.165) is 5.56 Å². The van der Waals surface area contributed by atoms with Crippen LogP contribution in [0.15, 0.2) is 41.1 Å². The summed E-state index contributed by atoms with van der Waals surface area (Å²) in [4.78, 5) is 12.7. The maximum atomic E-state index is 12.2. The summed E-state index contributed by atoms with van der Waals surface area (Å²) in [5.41, 5.74) is 1.16. The van der Waals surface area contributed by atoms with Crippen LogP contribution in [0.5, 0.6) is 0 Å². The fraction of sp³-hybridized carbons (Fsp3) is 0.188. The summed E-state index contributed by atoms with van der Waals surface area (Å²) in [6.07, 6.45) is 0. The third kappa shape index (κ3) is 2.87. The molecule has 1 aromatic heterocycles. The number of thiocarbonyl (C=S) groups is 1. The molecule has 3 nitrogen and oxygen atoms in total. The van der Waals surface area contributed by atoms with Crippen molar-refractivity contribution < 1.29 is 4.79 Å². The Morgan fingerprint density at radius 2 is 1.95 bits per heavy atom. The van der Waals surface area contributed by atoms with Gasteiger partial charge in [0.25, 0.3) is 0 Å². The molecule has 1 unspecified atom stereocenters. The van der Waals surface area contributed by atoms with Gasteiger partial charge in [0, 0.05) is 23.6 Å². The molecule has 1 N–H and O–H groups in total. The van der Waals surface area contributed by atoms with Crippen LogP contribution in [-0.2, 0) is 5.41 Å². The predicted octanol–water partition coefficient (Wildman–Crippen LogP) is 3.31. The van der Waals surface area contributed by atoms with Crippen LogP contribution >= 0.6 is 23.6 Å². The molecule has 0 radical (unpaired) electrons. The first kappa shape index (κ1) is 15.4. The molecule has 0 bridgehead atoms. The molecule has 106 valence electrons. The Hall–Kier alpha value is -2.03. The summed E-state index contributed by atoms with van der Waals surface area (Å²) in [6.45, 7) is 1.77. The van der Waals surface area contributed by atoms with Crippen LogP contribution in [0.4, 0.5) is 0 Å². The molecule has 5 heteroatoms. The lowest BCUT2D eigenvalue weighted by Gasteiger charge is -2.23. The van der Waals surface area contributed by atoms with Gasteiger partial charge in [-0.15, -0.1) is 0 Å².